The van der Waals surface area contributed by atoms with Crippen molar-refractivity contribution in [1.82, 2.24) is 15.5 Å². The fourth-order valence-corrected chi connectivity index (χ4v) is 2.85. The van der Waals surface area contributed by atoms with E-state index in [0.29, 0.717) is 23.4 Å². The van der Waals surface area contributed by atoms with Crippen LogP contribution in [-0.2, 0) is 6.54 Å². The molecular formula is C18H17BrN4OS. The minimum absolute atomic E-state index is 0.359. The van der Waals surface area contributed by atoms with E-state index in [9.17, 15) is 0 Å². The lowest BCUT2D eigenvalue weighted by Crippen LogP contribution is -2.28. The van der Waals surface area contributed by atoms with Crippen LogP contribution in [0.25, 0.3) is 11.4 Å². The van der Waals surface area contributed by atoms with Gasteiger partial charge in [-0.2, -0.15) is 4.98 Å². The van der Waals surface area contributed by atoms with Crippen molar-refractivity contribution < 1.29 is 4.52 Å². The summed E-state index contributed by atoms with van der Waals surface area (Å²) in [5, 5.41) is 10.8. The third kappa shape index (κ3) is 4.64. The number of aryl methyl sites for hydroxylation is 2. The monoisotopic (exact) mass is 416 g/mol. The van der Waals surface area contributed by atoms with Crippen molar-refractivity contribution in [2.24, 2.45) is 0 Å². The minimum atomic E-state index is 0.359. The number of anilines is 1. The van der Waals surface area contributed by atoms with Crippen molar-refractivity contribution >= 4 is 38.9 Å². The van der Waals surface area contributed by atoms with E-state index < -0.39 is 0 Å². The Morgan fingerprint density at radius 3 is 2.84 bits per heavy atom. The summed E-state index contributed by atoms with van der Waals surface area (Å²) in [6.45, 7) is 4.44. The highest BCUT2D eigenvalue weighted by Gasteiger charge is 2.09. The Morgan fingerprint density at radius 1 is 1.20 bits per heavy atom. The van der Waals surface area contributed by atoms with Crippen LogP contribution in [0.15, 0.2) is 51.5 Å². The van der Waals surface area contributed by atoms with E-state index in [1.165, 1.54) is 5.56 Å². The first kappa shape index (κ1) is 17.6. The third-order valence-corrected chi connectivity index (χ3v) is 4.33. The van der Waals surface area contributed by atoms with Crippen molar-refractivity contribution in [2.75, 3.05) is 5.32 Å². The van der Waals surface area contributed by atoms with Gasteiger partial charge in [0, 0.05) is 15.7 Å². The molecule has 2 N–H and O–H groups in total. The van der Waals surface area contributed by atoms with E-state index in [2.05, 4.69) is 54.9 Å². The molecule has 0 aliphatic carbocycles. The van der Waals surface area contributed by atoms with Gasteiger partial charge in [0.25, 0.3) is 0 Å². The molecule has 1 aromatic heterocycles. The maximum Gasteiger partial charge on any atom is 0.246 e. The van der Waals surface area contributed by atoms with Gasteiger partial charge in [-0.3, -0.25) is 0 Å². The van der Waals surface area contributed by atoms with Gasteiger partial charge in [-0.15, -0.1) is 0 Å². The normalized spacial score (nSPS) is 10.5. The van der Waals surface area contributed by atoms with Crippen LogP contribution in [0, 0.1) is 13.8 Å². The Morgan fingerprint density at radius 2 is 2.04 bits per heavy atom. The molecule has 0 fully saturated rings. The van der Waals surface area contributed by atoms with Gasteiger partial charge in [0.15, 0.2) is 5.11 Å². The van der Waals surface area contributed by atoms with E-state index >= 15 is 0 Å². The predicted molar refractivity (Wildman–Crippen MR) is 106 cm³/mol. The maximum absolute atomic E-state index is 5.34. The molecule has 0 aliphatic rings. The Kier molecular flexibility index (Phi) is 5.45. The number of nitrogens with one attached hydrogen (secondary N) is 2. The lowest BCUT2D eigenvalue weighted by Gasteiger charge is -2.12. The second-order valence-electron chi connectivity index (χ2n) is 5.65. The summed E-state index contributed by atoms with van der Waals surface area (Å²) in [5.74, 6) is 1.02. The molecule has 0 atom stereocenters. The lowest BCUT2D eigenvalue weighted by atomic mass is 10.1. The number of thiocarbonyl (C=S) groups is 1. The van der Waals surface area contributed by atoms with Gasteiger partial charge in [0.1, 0.15) is 0 Å². The summed E-state index contributed by atoms with van der Waals surface area (Å²) < 4.78 is 6.24. The molecule has 7 heteroatoms. The van der Waals surface area contributed by atoms with Crippen LogP contribution in [0.5, 0.6) is 0 Å². The summed E-state index contributed by atoms with van der Waals surface area (Å²) in [6, 6.07) is 13.9. The Hall–Kier alpha value is -2.25. The van der Waals surface area contributed by atoms with E-state index in [4.69, 9.17) is 16.7 Å². The lowest BCUT2D eigenvalue weighted by molar-refractivity contribution is 0.376. The predicted octanol–water partition coefficient (Wildman–Crippen LogP) is 4.60. The van der Waals surface area contributed by atoms with Gasteiger partial charge in [-0.05, 0) is 55.4 Å². The Balaban J connectivity index is 1.60. The van der Waals surface area contributed by atoms with Crippen LogP contribution >= 0.6 is 28.1 Å². The van der Waals surface area contributed by atoms with Crippen molar-refractivity contribution in [3.05, 3.63) is 64.0 Å². The quantitative estimate of drug-likeness (QED) is 0.605. The largest absolute Gasteiger partial charge is 0.353 e. The fourth-order valence-electron chi connectivity index (χ4n) is 2.26. The first-order valence-electron chi connectivity index (χ1n) is 7.72. The average Bonchev–Trinajstić information content (AvgIpc) is 3.05. The van der Waals surface area contributed by atoms with Crippen LogP contribution in [0.1, 0.15) is 17.0 Å². The molecule has 25 heavy (non-hydrogen) atoms. The molecule has 1 heterocycles. The highest BCUT2D eigenvalue weighted by molar-refractivity contribution is 9.10. The number of hydrogen-bond donors (Lipinski definition) is 2. The first-order valence-corrected chi connectivity index (χ1v) is 8.92. The number of rotatable bonds is 4. The molecule has 0 spiro atoms. The van der Waals surface area contributed by atoms with Crippen molar-refractivity contribution in [3.63, 3.8) is 0 Å². The molecule has 0 radical (unpaired) electrons. The fraction of sp³-hybridized carbons (Fsp3) is 0.167. The highest BCUT2D eigenvalue weighted by atomic mass is 79.9. The summed E-state index contributed by atoms with van der Waals surface area (Å²) in [5.41, 5.74) is 4.18. The van der Waals surface area contributed by atoms with Gasteiger partial charge >= 0.3 is 0 Å². The van der Waals surface area contributed by atoms with Crippen molar-refractivity contribution in [1.29, 1.82) is 0 Å². The SMILES string of the molecule is Cc1ccc(C)c(NC(=S)NCc2nc(-c3cccc(Br)c3)no2)c1. The first-order chi connectivity index (χ1) is 12.0. The van der Waals surface area contributed by atoms with Gasteiger partial charge < -0.3 is 15.2 Å². The number of halogens is 1. The molecule has 128 valence electrons. The number of benzene rings is 2. The van der Waals surface area contributed by atoms with E-state index in [0.717, 1.165) is 21.3 Å². The standard InChI is InChI=1S/C18H17BrN4OS/c1-11-6-7-12(2)15(8-11)21-18(25)20-10-16-22-17(23-24-16)13-4-3-5-14(19)9-13/h3-9H,10H2,1-2H3,(H2,20,21,25). The summed E-state index contributed by atoms with van der Waals surface area (Å²) in [7, 11) is 0. The zero-order valence-corrected chi connectivity index (χ0v) is 16.2. The number of aromatic nitrogens is 2. The molecule has 0 unspecified atom stereocenters. The number of nitrogens with zero attached hydrogens (tertiary/aromatic N) is 2. The topological polar surface area (TPSA) is 63.0 Å². The molecule has 0 bridgehead atoms. The molecule has 3 aromatic rings. The summed E-state index contributed by atoms with van der Waals surface area (Å²) >= 11 is 8.77. The molecule has 0 saturated heterocycles. The molecule has 0 saturated carbocycles. The molecule has 2 aromatic carbocycles. The van der Waals surface area contributed by atoms with E-state index in [-0.39, 0.29) is 0 Å². The van der Waals surface area contributed by atoms with Gasteiger partial charge in [0.2, 0.25) is 11.7 Å². The highest BCUT2D eigenvalue weighted by Crippen LogP contribution is 2.20. The number of hydrogen-bond acceptors (Lipinski definition) is 4. The van der Waals surface area contributed by atoms with Crippen LogP contribution in [0.3, 0.4) is 0 Å². The molecule has 3 rings (SSSR count). The molecule has 0 aliphatic heterocycles. The third-order valence-electron chi connectivity index (χ3n) is 3.59. The second kappa shape index (κ2) is 7.76. The maximum atomic E-state index is 5.34. The van der Waals surface area contributed by atoms with Gasteiger partial charge in [-0.25, -0.2) is 0 Å². The molecule has 5 nitrogen and oxygen atoms in total. The summed E-state index contributed by atoms with van der Waals surface area (Å²) in [4.78, 5) is 4.38. The van der Waals surface area contributed by atoms with Gasteiger partial charge in [0.05, 0.1) is 6.54 Å². The van der Waals surface area contributed by atoms with Gasteiger partial charge in [-0.1, -0.05) is 45.4 Å². The van der Waals surface area contributed by atoms with Crippen LogP contribution in [0.2, 0.25) is 0 Å². The summed E-state index contributed by atoms with van der Waals surface area (Å²) in [6.07, 6.45) is 0. The van der Waals surface area contributed by atoms with E-state index in [1.807, 2.05) is 38.1 Å². The van der Waals surface area contributed by atoms with Crippen LogP contribution < -0.4 is 10.6 Å². The molecule has 0 amide bonds. The zero-order valence-electron chi connectivity index (χ0n) is 13.8. The Bertz CT molecular complexity index is 910. The van der Waals surface area contributed by atoms with Crippen molar-refractivity contribution in [2.45, 2.75) is 20.4 Å². The smallest absolute Gasteiger partial charge is 0.246 e. The van der Waals surface area contributed by atoms with Crippen LogP contribution in [0.4, 0.5) is 5.69 Å². The molecular weight excluding hydrogens is 400 g/mol. The van der Waals surface area contributed by atoms with Crippen molar-refractivity contribution in [3.8, 4) is 11.4 Å². The minimum Gasteiger partial charge on any atom is -0.353 e. The zero-order chi connectivity index (χ0) is 17.8. The van der Waals surface area contributed by atoms with Crippen LogP contribution in [-0.4, -0.2) is 15.3 Å². The second-order valence-corrected chi connectivity index (χ2v) is 6.97. The average molecular weight is 417 g/mol. The van der Waals surface area contributed by atoms with E-state index in [1.54, 1.807) is 0 Å². The Labute approximate surface area is 160 Å².